The van der Waals surface area contributed by atoms with Crippen LogP contribution >= 0.6 is 0 Å². The molecule has 1 atom stereocenters. The second kappa shape index (κ2) is 9.91. The molecule has 0 aliphatic carbocycles. The van der Waals surface area contributed by atoms with Crippen molar-refractivity contribution in [2.24, 2.45) is 0 Å². The molecule has 0 saturated heterocycles. The maximum Gasteiger partial charge on any atom is 0.251 e. The summed E-state index contributed by atoms with van der Waals surface area (Å²) in [5, 5.41) is 15.7. The van der Waals surface area contributed by atoms with Gasteiger partial charge in [0.2, 0.25) is 12.5 Å². The number of carbonyl (C=O) groups is 1. The lowest BCUT2D eigenvalue weighted by Crippen LogP contribution is -2.35. The zero-order valence-corrected chi connectivity index (χ0v) is 20.3. The van der Waals surface area contributed by atoms with Gasteiger partial charge in [0.1, 0.15) is 6.04 Å². The van der Waals surface area contributed by atoms with Crippen LogP contribution in [-0.4, -0.2) is 65.1 Å². The van der Waals surface area contributed by atoms with Gasteiger partial charge in [-0.3, -0.25) is 9.69 Å². The van der Waals surface area contributed by atoms with Crippen molar-refractivity contribution in [2.45, 2.75) is 38.6 Å². The van der Waals surface area contributed by atoms with E-state index in [4.69, 9.17) is 14.2 Å². The average molecular weight is 479 g/mol. The van der Waals surface area contributed by atoms with Crippen molar-refractivity contribution in [3.8, 4) is 22.9 Å². The van der Waals surface area contributed by atoms with Crippen LogP contribution in [0.5, 0.6) is 17.2 Å². The molecule has 184 valence electrons. The zero-order valence-electron chi connectivity index (χ0n) is 20.3. The molecule has 0 radical (unpaired) electrons. The maximum absolute atomic E-state index is 12.7. The number of hydrogen-bond donors (Lipinski definition) is 1. The number of likely N-dealkylation sites (N-methyl/N-ethyl adjacent to an activating group) is 1. The topological polar surface area (TPSA) is 104 Å². The van der Waals surface area contributed by atoms with Gasteiger partial charge in [-0.25, -0.2) is 0 Å². The number of methoxy groups -OCH3 is 1. The molecule has 10 nitrogen and oxygen atoms in total. The van der Waals surface area contributed by atoms with E-state index in [1.807, 2.05) is 31.3 Å². The van der Waals surface area contributed by atoms with Gasteiger partial charge in [0.15, 0.2) is 17.3 Å². The van der Waals surface area contributed by atoms with Crippen LogP contribution in [0.4, 0.5) is 0 Å². The third-order valence-corrected chi connectivity index (χ3v) is 6.55. The van der Waals surface area contributed by atoms with Gasteiger partial charge in [-0.05, 0) is 60.1 Å². The summed E-state index contributed by atoms with van der Waals surface area (Å²) in [7, 11) is 3.67. The van der Waals surface area contributed by atoms with Gasteiger partial charge in [0, 0.05) is 24.2 Å². The standard InChI is InChI=1S/C25H30N6O4/c1-4-5-6-11-26-25(32)17-8-7-9-18(13-17)31-24(27-28-29-31)21-20-16(10-12-30(21)2)14-19-22(23(20)33-3)35-15-34-19/h7-9,13-14,21H,4-6,10-12,15H2,1-3H3,(H,26,32)/t21-/m0/s1. The number of aromatic nitrogens is 4. The quantitative estimate of drug-likeness (QED) is 0.493. The molecule has 2 aromatic carbocycles. The van der Waals surface area contributed by atoms with Crippen molar-refractivity contribution in [3.63, 3.8) is 0 Å². The molecule has 1 aromatic heterocycles. The van der Waals surface area contributed by atoms with Crippen LogP contribution in [0.2, 0.25) is 0 Å². The second-order valence-electron chi connectivity index (χ2n) is 8.81. The number of hydrogen-bond acceptors (Lipinski definition) is 8. The van der Waals surface area contributed by atoms with Crippen molar-refractivity contribution in [1.29, 1.82) is 0 Å². The number of nitrogens with zero attached hydrogens (tertiary/aromatic N) is 5. The SMILES string of the molecule is CCCCCNC(=O)c1cccc(-n2nnnc2[C@@H]2c3c(cc4c(c3OC)OCO4)CCN2C)c1. The lowest BCUT2D eigenvalue weighted by Gasteiger charge is -2.34. The highest BCUT2D eigenvalue weighted by atomic mass is 16.7. The van der Waals surface area contributed by atoms with Gasteiger partial charge >= 0.3 is 0 Å². The molecule has 35 heavy (non-hydrogen) atoms. The van der Waals surface area contributed by atoms with Crippen molar-refractivity contribution < 1.29 is 19.0 Å². The summed E-state index contributed by atoms with van der Waals surface area (Å²) in [4.78, 5) is 14.9. The monoisotopic (exact) mass is 478 g/mol. The van der Waals surface area contributed by atoms with Gasteiger partial charge < -0.3 is 19.5 Å². The van der Waals surface area contributed by atoms with Gasteiger partial charge in [0.25, 0.3) is 5.91 Å². The summed E-state index contributed by atoms with van der Waals surface area (Å²) in [5.41, 5.74) is 3.36. The van der Waals surface area contributed by atoms with Crippen LogP contribution in [0.25, 0.3) is 5.69 Å². The van der Waals surface area contributed by atoms with Crippen LogP contribution in [0.1, 0.15) is 59.5 Å². The minimum Gasteiger partial charge on any atom is -0.492 e. The Morgan fingerprint density at radius 1 is 1.26 bits per heavy atom. The summed E-state index contributed by atoms with van der Waals surface area (Å²) in [6.07, 6.45) is 4.00. The first-order valence-electron chi connectivity index (χ1n) is 12.0. The molecule has 0 fully saturated rings. The number of carbonyl (C=O) groups excluding carboxylic acids is 1. The number of ether oxygens (including phenoxy) is 3. The third-order valence-electron chi connectivity index (χ3n) is 6.55. The number of nitrogens with one attached hydrogen (secondary N) is 1. The molecule has 1 amide bonds. The van der Waals surface area contributed by atoms with Crippen LogP contribution in [0, 0.1) is 0 Å². The van der Waals surface area contributed by atoms with Crippen LogP contribution in [0.3, 0.4) is 0 Å². The van der Waals surface area contributed by atoms with E-state index in [0.29, 0.717) is 40.9 Å². The van der Waals surface area contributed by atoms with E-state index in [0.717, 1.165) is 43.4 Å². The van der Waals surface area contributed by atoms with Crippen molar-refractivity contribution in [1.82, 2.24) is 30.4 Å². The Morgan fingerprint density at radius 3 is 2.97 bits per heavy atom. The Bertz CT molecular complexity index is 1230. The summed E-state index contributed by atoms with van der Waals surface area (Å²) >= 11 is 0. The Morgan fingerprint density at radius 2 is 2.14 bits per heavy atom. The summed E-state index contributed by atoms with van der Waals surface area (Å²) in [6.45, 7) is 3.78. The largest absolute Gasteiger partial charge is 0.492 e. The molecule has 0 spiro atoms. The first-order valence-corrected chi connectivity index (χ1v) is 12.0. The third kappa shape index (κ3) is 4.29. The van der Waals surface area contributed by atoms with E-state index in [9.17, 15) is 4.79 Å². The lowest BCUT2D eigenvalue weighted by atomic mass is 9.90. The van der Waals surface area contributed by atoms with Crippen molar-refractivity contribution in [3.05, 3.63) is 52.8 Å². The molecule has 1 N–H and O–H groups in total. The zero-order chi connectivity index (χ0) is 24.4. The van der Waals surface area contributed by atoms with E-state index >= 15 is 0 Å². The number of tetrazole rings is 1. The summed E-state index contributed by atoms with van der Waals surface area (Å²) in [5.74, 6) is 2.47. The van der Waals surface area contributed by atoms with Crippen molar-refractivity contribution in [2.75, 3.05) is 34.0 Å². The number of amides is 1. The van der Waals surface area contributed by atoms with E-state index in [1.165, 1.54) is 0 Å². The fourth-order valence-corrected chi connectivity index (χ4v) is 4.77. The first kappa shape index (κ1) is 23.1. The summed E-state index contributed by atoms with van der Waals surface area (Å²) < 4.78 is 18.9. The van der Waals surface area contributed by atoms with Crippen LogP contribution < -0.4 is 19.5 Å². The highest BCUT2D eigenvalue weighted by molar-refractivity contribution is 5.94. The van der Waals surface area contributed by atoms with Gasteiger partial charge in [0.05, 0.1) is 12.8 Å². The van der Waals surface area contributed by atoms with Gasteiger partial charge in [-0.15, -0.1) is 5.10 Å². The van der Waals surface area contributed by atoms with Crippen LogP contribution in [0.15, 0.2) is 30.3 Å². The predicted molar refractivity (Wildman–Crippen MR) is 128 cm³/mol. The first-order chi connectivity index (χ1) is 17.1. The number of unbranched alkanes of at least 4 members (excludes halogenated alkanes) is 2. The van der Waals surface area contributed by atoms with E-state index < -0.39 is 0 Å². The fourth-order valence-electron chi connectivity index (χ4n) is 4.77. The molecule has 10 heteroatoms. The molecule has 0 unspecified atom stereocenters. The Balaban J connectivity index is 1.51. The molecular weight excluding hydrogens is 448 g/mol. The van der Waals surface area contributed by atoms with E-state index in [1.54, 1.807) is 17.9 Å². The lowest BCUT2D eigenvalue weighted by molar-refractivity contribution is 0.0953. The second-order valence-corrected chi connectivity index (χ2v) is 8.81. The minimum atomic E-state index is -0.273. The number of rotatable bonds is 8. The number of fused-ring (bicyclic) bond motifs is 2. The van der Waals surface area contributed by atoms with E-state index in [2.05, 4.69) is 32.7 Å². The Kier molecular flexibility index (Phi) is 6.54. The Labute approximate surface area is 204 Å². The van der Waals surface area contributed by atoms with Crippen LogP contribution in [-0.2, 0) is 6.42 Å². The number of benzene rings is 2. The molecule has 3 aromatic rings. The molecule has 2 aliphatic rings. The fraction of sp³-hybridized carbons (Fsp3) is 0.440. The van der Waals surface area contributed by atoms with Gasteiger partial charge in [-0.1, -0.05) is 25.8 Å². The smallest absolute Gasteiger partial charge is 0.251 e. The molecule has 2 aliphatic heterocycles. The highest BCUT2D eigenvalue weighted by Gasteiger charge is 2.37. The van der Waals surface area contributed by atoms with Crippen molar-refractivity contribution >= 4 is 5.91 Å². The molecule has 3 heterocycles. The van der Waals surface area contributed by atoms with E-state index in [-0.39, 0.29) is 18.7 Å². The average Bonchev–Trinajstić information content (AvgIpc) is 3.55. The highest BCUT2D eigenvalue weighted by Crippen LogP contribution is 2.50. The molecule has 5 rings (SSSR count). The summed E-state index contributed by atoms with van der Waals surface area (Å²) in [6, 6.07) is 9.11. The van der Waals surface area contributed by atoms with Gasteiger partial charge in [-0.2, -0.15) is 4.68 Å². The molecule has 0 bridgehead atoms. The minimum absolute atomic E-state index is 0.105. The Hall–Kier alpha value is -3.66. The predicted octanol–water partition coefficient (Wildman–Crippen LogP) is 2.90. The maximum atomic E-state index is 12.7. The normalized spacial score (nSPS) is 16.7. The molecular formula is C25H30N6O4. The molecule has 0 saturated carbocycles.